The lowest BCUT2D eigenvalue weighted by Gasteiger charge is -2.22. The number of fused-ring (bicyclic) bond motifs is 3. The number of rotatable bonds is 3. The average molecular weight is 304 g/mol. The maximum atomic E-state index is 11.8. The Bertz CT molecular complexity index is 780. The number of nitrogens with zero attached hydrogens (tertiary/aromatic N) is 2. The number of aromatic nitrogens is 2. The second-order valence-electron chi connectivity index (χ2n) is 4.45. The second-order valence-corrected chi connectivity index (χ2v) is 4.45. The summed E-state index contributed by atoms with van der Waals surface area (Å²) < 4.78 is 16.8. The van der Waals surface area contributed by atoms with Crippen LogP contribution in [0.1, 0.15) is 26.8 Å². The van der Waals surface area contributed by atoms with E-state index in [0.29, 0.717) is 23.0 Å². The maximum absolute atomic E-state index is 11.8. The molecule has 114 valence electrons. The van der Waals surface area contributed by atoms with Crippen molar-refractivity contribution >= 4 is 11.9 Å². The number of aromatic carboxylic acids is 1. The normalized spacial score (nSPS) is 11.9. The summed E-state index contributed by atoms with van der Waals surface area (Å²) in [5.41, 5.74) is -0.0791. The molecule has 22 heavy (non-hydrogen) atoms. The number of ether oxygens (including phenoxy) is 3. The number of benzene rings is 1. The molecule has 1 aromatic heterocycles. The molecule has 0 aliphatic carbocycles. The third-order valence-electron chi connectivity index (χ3n) is 3.29. The van der Waals surface area contributed by atoms with Gasteiger partial charge in [0.15, 0.2) is 28.7 Å². The Morgan fingerprint density at radius 3 is 2.77 bits per heavy atom. The van der Waals surface area contributed by atoms with Crippen molar-refractivity contribution in [2.45, 2.75) is 6.61 Å². The molecule has 1 aromatic carbocycles. The second kappa shape index (κ2) is 5.06. The molecule has 0 amide bonds. The molecule has 2 aromatic rings. The van der Waals surface area contributed by atoms with Crippen molar-refractivity contribution in [2.24, 2.45) is 0 Å². The van der Waals surface area contributed by atoms with Gasteiger partial charge in [0.25, 0.3) is 0 Å². The number of hydrogen-bond donors (Lipinski definition) is 1. The van der Waals surface area contributed by atoms with E-state index >= 15 is 0 Å². The summed E-state index contributed by atoms with van der Waals surface area (Å²) in [6, 6.07) is 5.05. The van der Waals surface area contributed by atoms with E-state index in [0.717, 1.165) is 0 Å². The molecule has 0 radical (unpaired) electrons. The molecule has 0 saturated heterocycles. The predicted octanol–water partition coefficient (Wildman–Crippen LogP) is 1.26. The fraction of sp³-hybridized carbons (Fsp3) is 0.214. The van der Waals surface area contributed by atoms with Gasteiger partial charge >= 0.3 is 11.9 Å². The minimum atomic E-state index is -1.28. The Morgan fingerprint density at radius 1 is 1.36 bits per heavy atom. The Balaban J connectivity index is 2.30. The van der Waals surface area contributed by atoms with E-state index in [9.17, 15) is 14.7 Å². The number of carbonyl (C=O) groups is 2. The van der Waals surface area contributed by atoms with Gasteiger partial charge in [0.1, 0.15) is 6.61 Å². The number of carbonyl (C=O) groups excluding carboxylic acids is 1. The highest BCUT2D eigenvalue weighted by atomic mass is 16.5. The van der Waals surface area contributed by atoms with Crippen LogP contribution in [0.2, 0.25) is 0 Å². The van der Waals surface area contributed by atoms with Crippen LogP contribution in [0, 0.1) is 0 Å². The Kier molecular flexibility index (Phi) is 3.21. The van der Waals surface area contributed by atoms with Gasteiger partial charge in [-0.15, -0.1) is 0 Å². The van der Waals surface area contributed by atoms with Crippen LogP contribution in [0.15, 0.2) is 18.2 Å². The molecule has 0 spiro atoms. The van der Waals surface area contributed by atoms with Gasteiger partial charge < -0.3 is 19.3 Å². The summed E-state index contributed by atoms with van der Waals surface area (Å²) in [7, 11) is 2.65. The number of carboxylic acid groups (broad SMARTS) is 1. The van der Waals surface area contributed by atoms with Crippen molar-refractivity contribution in [1.29, 1.82) is 0 Å². The van der Waals surface area contributed by atoms with Gasteiger partial charge in [-0.25, -0.2) is 14.6 Å². The van der Waals surface area contributed by atoms with E-state index < -0.39 is 11.9 Å². The zero-order valence-electron chi connectivity index (χ0n) is 11.8. The van der Waals surface area contributed by atoms with Gasteiger partial charge in [0.05, 0.1) is 19.9 Å². The molecule has 0 fully saturated rings. The number of carboxylic acids is 1. The number of para-hydroxylation sites is 1. The summed E-state index contributed by atoms with van der Waals surface area (Å²) in [4.78, 5) is 27.4. The van der Waals surface area contributed by atoms with E-state index in [1.807, 2.05) is 0 Å². The summed E-state index contributed by atoms with van der Waals surface area (Å²) in [6.45, 7) is 0.0185. The monoisotopic (exact) mass is 304 g/mol. The molecule has 1 N–H and O–H groups in total. The highest BCUT2D eigenvalue weighted by Gasteiger charge is 2.33. The van der Waals surface area contributed by atoms with Gasteiger partial charge in [-0.2, -0.15) is 0 Å². The van der Waals surface area contributed by atoms with E-state index in [-0.39, 0.29) is 18.0 Å². The Labute approximate surface area is 124 Å². The van der Waals surface area contributed by atoms with Crippen LogP contribution >= 0.6 is 0 Å². The lowest BCUT2D eigenvalue weighted by molar-refractivity contribution is 0.0575. The molecule has 8 heteroatoms. The van der Waals surface area contributed by atoms with Crippen molar-refractivity contribution in [3.63, 3.8) is 0 Å². The van der Waals surface area contributed by atoms with Crippen LogP contribution in [-0.4, -0.2) is 40.8 Å². The highest BCUT2D eigenvalue weighted by Crippen LogP contribution is 2.39. The average Bonchev–Trinajstić information content (AvgIpc) is 2.93. The van der Waals surface area contributed by atoms with Crippen molar-refractivity contribution in [1.82, 2.24) is 9.55 Å². The van der Waals surface area contributed by atoms with E-state index in [2.05, 4.69) is 9.72 Å². The van der Waals surface area contributed by atoms with E-state index in [1.165, 1.54) is 18.8 Å². The number of imidazole rings is 1. The van der Waals surface area contributed by atoms with Gasteiger partial charge in [0.2, 0.25) is 0 Å². The van der Waals surface area contributed by atoms with Crippen LogP contribution in [0.25, 0.3) is 5.69 Å². The third-order valence-corrected chi connectivity index (χ3v) is 3.29. The zero-order valence-corrected chi connectivity index (χ0v) is 11.8. The largest absolute Gasteiger partial charge is 0.493 e. The fourth-order valence-corrected chi connectivity index (χ4v) is 2.38. The quantitative estimate of drug-likeness (QED) is 0.852. The van der Waals surface area contributed by atoms with E-state index in [1.54, 1.807) is 18.2 Å². The smallest absolute Gasteiger partial charge is 0.359 e. The fourth-order valence-electron chi connectivity index (χ4n) is 2.38. The molecule has 3 rings (SSSR count). The summed E-state index contributed by atoms with van der Waals surface area (Å²) >= 11 is 0. The zero-order chi connectivity index (χ0) is 15.9. The molecule has 0 saturated carbocycles. The van der Waals surface area contributed by atoms with Gasteiger partial charge in [-0.3, -0.25) is 4.57 Å². The number of hydrogen-bond acceptors (Lipinski definition) is 6. The van der Waals surface area contributed by atoms with Crippen LogP contribution < -0.4 is 9.47 Å². The Hall–Kier alpha value is -3.03. The van der Waals surface area contributed by atoms with Crippen LogP contribution in [0.3, 0.4) is 0 Å². The first-order valence-electron chi connectivity index (χ1n) is 6.32. The van der Waals surface area contributed by atoms with Crippen LogP contribution in [0.5, 0.6) is 11.5 Å². The summed E-state index contributed by atoms with van der Waals surface area (Å²) in [5.74, 6) is -0.932. The highest BCUT2D eigenvalue weighted by molar-refractivity contribution is 6.00. The molecule has 8 nitrogen and oxygen atoms in total. The molecular formula is C14H12N2O6. The predicted molar refractivity (Wildman–Crippen MR) is 72.7 cm³/mol. The summed E-state index contributed by atoms with van der Waals surface area (Å²) in [5, 5.41) is 9.47. The first kappa shape index (κ1) is 13.9. The lowest BCUT2D eigenvalue weighted by Crippen LogP contribution is -2.18. The molecular weight excluding hydrogens is 292 g/mol. The van der Waals surface area contributed by atoms with Crippen molar-refractivity contribution in [2.75, 3.05) is 14.2 Å². The molecule has 2 heterocycles. The number of methoxy groups -OCH3 is 2. The van der Waals surface area contributed by atoms with Crippen molar-refractivity contribution < 1.29 is 28.9 Å². The SMILES string of the molecule is COC(=O)c1nc2n(c1C(=O)O)-c1cccc(OC)c1OC2. The third kappa shape index (κ3) is 1.88. The minimum Gasteiger partial charge on any atom is -0.493 e. The van der Waals surface area contributed by atoms with E-state index in [4.69, 9.17) is 9.47 Å². The molecule has 1 aliphatic rings. The van der Waals surface area contributed by atoms with Crippen molar-refractivity contribution in [3.05, 3.63) is 35.4 Å². The Morgan fingerprint density at radius 2 is 2.14 bits per heavy atom. The first-order chi connectivity index (χ1) is 10.6. The van der Waals surface area contributed by atoms with Crippen molar-refractivity contribution in [3.8, 4) is 17.2 Å². The van der Waals surface area contributed by atoms with Gasteiger partial charge in [0, 0.05) is 0 Å². The molecule has 1 aliphatic heterocycles. The molecule has 0 bridgehead atoms. The van der Waals surface area contributed by atoms with Crippen LogP contribution in [0.4, 0.5) is 0 Å². The summed E-state index contributed by atoms with van der Waals surface area (Å²) in [6.07, 6.45) is 0. The topological polar surface area (TPSA) is 99.9 Å². The number of esters is 1. The standard InChI is InChI=1S/C14H12N2O6/c1-20-8-5-3-4-7-12(8)22-6-9-15-10(14(19)21-2)11(13(17)18)16(7)9/h3-5H,6H2,1-2H3,(H,17,18). The van der Waals surface area contributed by atoms with Gasteiger partial charge in [-0.1, -0.05) is 6.07 Å². The van der Waals surface area contributed by atoms with Crippen LogP contribution in [-0.2, 0) is 11.3 Å². The lowest BCUT2D eigenvalue weighted by atomic mass is 10.2. The first-order valence-corrected chi connectivity index (χ1v) is 6.32. The minimum absolute atomic E-state index is 0.0185. The van der Waals surface area contributed by atoms with Gasteiger partial charge in [-0.05, 0) is 12.1 Å². The maximum Gasteiger partial charge on any atom is 0.359 e. The molecule has 0 atom stereocenters. The molecule has 0 unspecified atom stereocenters.